The number of aliphatic hydroxyl groups excluding tert-OH is 1. The quantitative estimate of drug-likeness (QED) is 0.470. The number of carbonyl (C=O) groups excluding carboxylic acids is 2. The molecular formula is C22H23NO5. The lowest BCUT2D eigenvalue weighted by Crippen LogP contribution is -2.30. The number of carbonyl (C=O) groups is 2. The van der Waals surface area contributed by atoms with Gasteiger partial charge in [0.1, 0.15) is 17.3 Å². The van der Waals surface area contributed by atoms with Gasteiger partial charge in [0.05, 0.1) is 24.3 Å². The van der Waals surface area contributed by atoms with E-state index >= 15 is 0 Å². The minimum Gasteiger partial charge on any atom is -0.508 e. The molecule has 2 aromatic rings. The zero-order chi connectivity index (χ0) is 20.4. The number of ketones is 1. The first-order valence-corrected chi connectivity index (χ1v) is 9.11. The highest BCUT2D eigenvalue weighted by molar-refractivity contribution is 6.46. The van der Waals surface area contributed by atoms with Gasteiger partial charge in [0.25, 0.3) is 11.7 Å². The number of rotatable bonds is 5. The van der Waals surface area contributed by atoms with E-state index in [4.69, 9.17) is 4.74 Å². The molecule has 1 heterocycles. The summed E-state index contributed by atoms with van der Waals surface area (Å²) in [6.07, 6.45) is 0.649. The average molecular weight is 381 g/mol. The minimum absolute atomic E-state index is 0.00653. The van der Waals surface area contributed by atoms with Crippen LogP contribution in [0.1, 0.15) is 36.1 Å². The van der Waals surface area contributed by atoms with E-state index in [-0.39, 0.29) is 17.1 Å². The third-order valence-corrected chi connectivity index (χ3v) is 4.80. The molecule has 1 saturated heterocycles. The lowest BCUT2D eigenvalue weighted by molar-refractivity contribution is -0.139. The molecule has 2 aromatic carbocycles. The van der Waals surface area contributed by atoms with Crippen molar-refractivity contribution < 1.29 is 24.5 Å². The second-order valence-electron chi connectivity index (χ2n) is 6.79. The van der Waals surface area contributed by atoms with Gasteiger partial charge in [0.2, 0.25) is 0 Å². The number of aryl methyl sites for hydroxylation is 1. The number of nitrogens with zero attached hydrogens (tertiary/aromatic N) is 1. The van der Waals surface area contributed by atoms with E-state index in [2.05, 4.69) is 0 Å². The Morgan fingerprint density at radius 1 is 1.18 bits per heavy atom. The third-order valence-electron chi connectivity index (χ3n) is 4.80. The Morgan fingerprint density at radius 3 is 2.57 bits per heavy atom. The monoisotopic (exact) mass is 381 g/mol. The number of ether oxygens (including phenoxy) is 1. The zero-order valence-corrected chi connectivity index (χ0v) is 16.1. The van der Waals surface area contributed by atoms with Crippen molar-refractivity contribution in [2.45, 2.75) is 26.3 Å². The number of aliphatic hydroxyl groups is 1. The number of benzene rings is 2. The molecule has 1 aliphatic rings. The second kappa shape index (κ2) is 7.76. The molecule has 0 spiro atoms. The molecule has 0 radical (unpaired) electrons. The fourth-order valence-electron chi connectivity index (χ4n) is 3.54. The molecule has 0 aromatic heterocycles. The van der Waals surface area contributed by atoms with Gasteiger partial charge in [-0.25, -0.2) is 0 Å². The van der Waals surface area contributed by atoms with Crippen molar-refractivity contribution in [3.63, 3.8) is 0 Å². The van der Waals surface area contributed by atoms with Gasteiger partial charge in [0, 0.05) is 6.54 Å². The van der Waals surface area contributed by atoms with Crippen LogP contribution in [0.15, 0.2) is 48.0 Å². The second-order valence-corrected chi connectivity index (χ2v) is 6.79. The van der Waals surface area contributed by atoms with Crippen molar-refractivity contribution in [1.29, 1.82) is 0 Å². The topological polar surface area (TPSA) is 87.1 Å². The number of aromatic hydroxyl groups is 1. The van der Waals surface area contributed by atoms with Crippen LogP contribution in [0, 0.1) is 6.92 Å². The molecular weight excluding hydrogens is 358 g/mol. The van der Waals surface area contributed by atoms with Crippen LogP contribution < -0.4 is 4.74 Å². The van der Waals surface area contributed by atoms with Crippen molar-refractivity contribution in [1.82, 2.24) is 4.90 Å². The Labute approximate surface area is 163 Å². The van der Waals surface area contributed by atoms with Gasteiger partial charge in [-0.3, -0.25) is 9.59 Å². The lowest BCUT2D eigenvalue weighted by atomic mass is 9.94. The summed E-state index contributed by atoms with van der Waals surface area (Å²) in [7, 11) is 1.48. The summed E-state index contributed by atoms with van der Waals surface area (Å²) in [5.74, 6) is -1.27. The molecule has 0 bridgehead atoms. The van der Waals surface area contributed by atoms with Gasteiger partial charge >= 0.3 is 0 Å². The highest BCUT2D eigenvalue weighted by atomic mass is 16.5. The number of phenolic OH excluding ortho intramolecular Hbond substituents is 1. The highest BCUT2D eigenvalue weighted by Crippen LogP contribution is 2.41. The Balaban J connectivity index is 2.26. The van der Waals surface area contributed by atoms with Crippen LogP contribution in [0.5, 0.6) is 11.5 Å². The Kier molecular flexibility index (Phi) is 5.40. The van der Waals surface area contributed by atoms with E-state index in [1.54, 1.807) is 24.3 Å². The van der Waals surface area contributed by atoms with Gasteiger partial charge in [-0.2, -0.15) is 0 Å². The number of hydrogen-bond acceptors (Lipinski definition) is 5. The maximum atomic E-state index is 12.8. The van der Waals surface area contributed by atoms with Crippen molar-refractivity contribution in [3.05, 3.63) is 64.7 Å². The fourth-order valence-corrected chi connectivity index (χ4v) is 3.54. The van der Waals surface area contributed by atoms with E-state index < -0.39 is 17.7 Å². The number of Topliss-reactive ketones (excluding diaryl/α,β-unsaturated/α-hetero) is 1. The highest BCUT2D eigenvalue weighted by Gasteiger charge is 2.46. The standard InChI is InChI=1S/C22H23NO5/c1-4-10-23-19(14-6-5-7-15(24)12-14)18(21(26)22(23)27)20(25)16-11-13(2)8-9-17(16)28-3/h5-9,11-12,19,24-25H,4,10H2,1-3H3/b20-18+. The summed E-state index contributed by atoms with van der Waals surface area (Å²) in [6.45, 7) is 4.12. The molecule has 1 aliphatic heterocycles. The summed E-state index contributed by atoms with van der Waals surface area (Å²) < 4.78 is 5.33. The zero-order valence-electron chi connectivity index (χ0n) is 16.1. The van der Waals surface area contributed by atoms with Gasteiger partial charge in [-0.05, 0) is 43.2 Å². The normalized spacial score (nSPS) is 18.5. The predicted molar refractivity (Wildman–Crippen MR) is 105 cm³/mol. The molecule has 146 valence electrons. The van der Waals surface area contributed by atoms with E-state index in [0.29, 0.717) is 29.8 Å². The maximum Gasteiger partial charge on any atom is 0.295 e. The average Bonchev–Trinajstić information content (AvgIpc) is 2.92. The van der Waals surface area contributed by atoms with Crippen LogP contribution in [-0.4, -0.2) is 40.5 Å². The first-order chi connectivity index (χ1) is 13.4. The van der Waals surface area contributed by atoms with Gasteiger partial charge in [-0.15, -0.1) is 0 Å². The number of hydrogen-bond donors (Lipinski definition) is 2. The molecule has 2 N–H and O–H groups in total. The smallest absolute Gasteiger partial charge is 0.295 e. The van der Waals surface area contributed by atoms with Crippen molar-refractivity contribution in [2.75, 3.05) is 13.7 Å². The van der Waals surface area contributed by atoms with E-state index in [0.717, 1.165) is 5.56 Å². The lowest BCUT2D eigenvalue weighted by Gasteiger charge is -2.25. The van der Waals surface area contributed by atoms with E-state index in [9.17, 15) is 19.8 Å². The molecule has 1 fully saturated rings. The molecule has 6 nitrogen and oxygen atoms in total. The maximum absolute atomic E-state index is 12.8. The van der Waals surface area contributed by atoms with Gasteiger partial charge in [-0.1, -0.05) is 30.7 Å². The largest absolute Gasteiger partial charge is 0.508 e. The number of amides is 1. The van der Waals surface area contributed by atoms with E-state index in [1.165, 1.54) is 24.1 Å². The van der Waals surface area contributed by atoms with Crippen LogP contribution in [0.2, 0.25) is 0 Å². The van der Waals surface area contributed by atoms with Gasteiger partial charge in [0.15, 0.2) is 0 Å². The summed E-state index contributed by atoms with van der Waals surface area (Å²) in [4.78, 5) is 27.0. The molecule has 0 aliphatic carbocycles. The summed E-state index contributed by atoms with van der Waals surface area (Å²) >= 11 is 0. The number of methoxy groups -OCH3 is 1. The molecule has 3 rings (SSSR count). The Hall–Kier alpha value is -3.28. The number of likely N-dealkylation sites (tertiary alicyclic amines) is 1. The molecule has 1 atom stereocenters. The van der Waals surface area contributed by atoms with E-state index in [1.807, 2.05) is 19.9 Å². The van der Waals surface area contributed by atoms with Crippen LogP contribution in [0.4, 0.5) is 0 Å². The first kappa shape index (κ1) is 19.5. The molecule has 1 amide bonds. The number of phenols is 1. The van der Waals surface area contributed by atoms with Crippen molar-refractivity contribution >= 4 is 17.4 Å². The third kappa shape index (κ3) is 3.33. The van der Waals surface area contributed by atoms with Crippen LogP contribution >= 0.6 is 0 Å². The summed E-state index contributed by atoms with van der Waals surface area (Å²) in [5, 5.41) is 21.0. The molecule has 28 heavy (non-hydrogen) atoms. The van der Waals surface area contributed by atoms with Gasteiger partial charge < -0.3 is 19.8 Å². The van der Waals surface area contributed by atoms with Crippen molar-refractivity contribution in [2.24, 2.45) is 0 Å². The molecule has 1 unspecified atom stereocenters. The van der Waals surface area contributed by atoms with Crippen LogP contribution in [0.3, 0.4) is 0 Å². The Bertz CT molecular complexity index is 963. The Morgan fingerprint density at radius 2 is 1.93 bits per heavy atom. The van der Waals surface area contributed by atoms with Crippen LogP contribution in [-0.2, 0) is 9.59 Å². The van der Waals surface area contributed by atoms with Crippen LogP contribution in [0.25, 0.3) is 5.76 Å². The first-order valence-electron chi connectivity index (χ1n) is 9.11. The molecule has 6 heteroatoms. The predicted octanol–water partition coefficient (Wildman–Crippen LogP) is 3.54. The fraction of sp³-hybridized carbons (Fsp3) is 0.273. The summed E-state index contributed by atoms with van der Waals surface area (Å²) in [6, 6.07) is 10.8. The SMILES string of the molecule is CCCN1C(=O)C(=O)/C(=C(/O)c2cc(C)ccc2OC)C1c1cccc(O)c1. The molecule has 0 saturated carbocycles. The minimum atomic E-state index is -0.780. The van der Waals surface area contributed by atoms with Crippen molar-refractivity contribution in [3.8, 4) is 11.5 Å². The summed E-state index contributed by atoms with van der Waals surface area (Å²) in [5.41, 5.74) is 1.77.